The average molecular weight is 441 g/mol. The van der Waals surface area contributed by atoms with E-state index in [4.69, 9.17) is 17.3 Å². The second kappa shape index (κ2) is 10.1. The minimum atomic E-state index is -4.59. The van der Waals surface area contributed by atoms with Crippen molar-refractivity contribution < 1.29 is 18.0 Å². The summed E-state index contributed by atoms with van der Waals surface area (Å²) >= 11 is 5.83. The molecular weight excluding hydrogens is 421 g/mol. The van der Waals surface area contributed by atoms with Crippen molar-refractivity contribution in [1.29, 1.82) is 0 Å². The van der Waals surface area contributed by atoms with Crippen molar-refractivity contribution >= 4 is 40.4 Å². The highest BCUT2D eigenvalue weighted by Gasteiger charge is 2.31. The summed E-state index contributed by atoms with van der Waals surface area (Å²) in [5, 5.41) is 5.77. The van der Waals surface area contributed by atoms with Gasteiger partial charge in [-0.15, -0.1) is 0 Å². The fraction of sp³-hybridized carbons (Fsp3) is 0.263. The van der Waals surface area contributed by atoms with Crippen LogP contribution in [0.2, 0.25) is 5.28 Å². The number of alkyl halides is 3. The van der Waals surface area contributed by atoms with E-state index in [1.54, 1.807) is 31.2 Å². The molecule has 1 aromatic heterocycles. The summed E-state index contributed by atoms with van der Waals surface area (Å²) in [7, 11) is 0. The van der Waals surface area contributed by atoms with Gasteiger partial charge in [0, 0.05) is 18.7 Å². The molecule has 11 heteroatoms. The van der Waals surface area contributed by atoms with Gasteiger partial charge in [-0.3, -0.25) is 9.79 Å². The lowest BCUT2D eigenvalue weighted by molar-refractivity contribution is -0.115. The molecule has 0 aliphatic rings. The molecule has 0 spiro atoms. The van der Waals surface area contributed by atoms with Gasteiger partial charge in [-0.25, -0.2) is 4.98 Å². The van der Waals surface area contributed by atoms with Crippen molar-refractivity contribution in [2.75, 3.05) is 10.6 Å². The van der Waals surface area contributed by atoms with Crippen LogP contribution >= 0.6 is 11.6 Å². The Bertz CT molecular complexity index is 958. The first-order valence-electron chi connectivity index (χ1n) is 8.83. The third-order valence-electron chi connectivity index (χ3n) is 3.75. The number of halogens is 4. The van der Waals surface area contributed by atoms with Crippen LogP contribution in [-0.4, -0.2) is 27.8 Å². The Morgan fingerprint density at radius 1 is 1.30 bits per heavy atom. The molecule has 0 unspecified atom stereocenters. The minimum Gasteiger partial charge on any atom is -0.395 e. The number of aliphatic imine (C=N–C) groups is 1. The number of carbonyl (C=O) groups excluding carboxylic acids is 1. The van der Waals surface area contributed by atoms with Gasteiger partial charge in [0.1, 0.15) is 11.4 Å². The zero-order valence-electron chi connectivity index (χ0n) is 16.2. The molecule has 2 rings (SSSR count). The maximum absolute atomic E-state index is 12.5. The molecule has 0 fully saturated rings. The summed E-state index contributed by atoms with van der Waals surface area (Å²) in [6.07, 6.45) is -2.11. The Kier molecular flexibility index (Phi) is 7.76. The average Bonchev–Trinajstić information content (AvgIpc) is 2.68. The highest BCUT2D eigenvalue weighted by molar-refractivity contribution is 6.28. The van der Waals surface area contributed by atoms with Crippen molar-refractivity contribution in [3.05, 3.63) is 53.1 Å². The Morgan fingerprint density at radius 2 is 1.97 bits per heavy atom. The van der Waals surface area contributed by atoms with Gasteiger partial charge in [0.05, 0.1) is 11.9 Å². The number of hydrogen-bond donors (Lipinski definition) is 3. The second-order valence-electron chi connectivity index (χ2n) is 6.17. The van der Waals surface area contributed by atoms with Crippen molar-refractivity contribution in [3.8, 4) is 0 Å². The quantitative estimate of drug-likeness (QED) is 0.431. The zero-order chi connectivity index (χ0) is 22.3. The fourth-order valence-corrected chi connectivity index (χ4v) is 2.38. The molecule has 30 heavy (non-hydrogen) atoms. The molecule has 0 saturated heterocycles. The molecule has 1 heterocycles. The van der Waals surface area contributed by atoms with Crippen LogP contribution in [0.3, 0.4) is 0 Å². The van der Waals surface area contributed by atoms with Crippen molar-refractivity contribution in [3.63, 3.8) is 0 Å². The van der Waals surface area contributed by atoms with Crippen LogP contribution in [-0.2, 0) is 11.3 Å². The summed E-state index contributed by atoms with van der Waals surface area (Å²) in [5.74, 6) is 0.171. The molecule has 0 aliphatic heterocycles. The van der Waals surface area contributed by atoms with Gasteiger partial charge in [-0.05, 0) is 42.3 Å². The van der Waals surface area contributed by atoms with Crippen LogP contribution in [0.15, 0.2) is 47.2 Å². The number of amides is 1. The normalized spacial score (nSPS) is 12.6. The van der Waals surface area contributed by atoms with E-state index >= 15 is 0 Å². The van der Waals surface area contributed by atoms with Crippen molar-refractivity contribution in [2.24, 2.45) is 10.7 Å². The lowest BCUT2D eigenvalue weighted by Gasteiger charge is -2.12. The monoisotopic (exact) mass is 440 g/mol. The van der Waals surface area contributed by atoms with Gasteiger partial charge in [-0.2, -0.15) is 18.2 Å². The highest BCUT2D eigenvalue weighted by atomic mass is 35.5. The molecule has 1 amide bonds. The van der Waals surface area contributed by atoms with E-state index in [0.29, 0.717) is 30.2 Å². The standard InChI is InChI=1S/C19H20ClF3N6O/c1-3-16(30)28-14-10-26-18(20)29-17(14)25-9-12-4-6-13(7-5-12)27-11(2)8-15(24)19(21,22)23/h4-8,10H,3,9,24H2,1-2H3,(H,28,30)(H,25,26,29). The van der Waals surface area contributed by atoms with E-state index in [0.717, 1.165) is 11.6 Å². The smallest absolute Gasteiger partial charge is 0.395 e. The molecule has 2 aromatic rings. The summed E-state index contributed by atoms with van der Waals surface area (Å²) in [6.45, 7) is 3.50. The Hall–Kier alpha value is -3.14. The minimum absolute atomic E-state index is 0.0262. The molecule has 0 saturated carbocycles. The van der Waals surface area contributed by atoms with Crippen molar-refractivity contribution in [1.82, 2.24) is 9.97 Å². The Balaban J connectivity index is 2.08. The van der Waals surface area contributed by atoms with Gasteiger partial charge in [0.15, 0.2) is 5.82 Å². The summed E-state index contributed by atoms with van der Waals surface area (Å²) in [6, 6.07) is 6.82. The van der Waals surface area contributed by atoms with Gasteiger partial charge < -0.3 is 16.4 Å². The number of aromatic nitrogens is 2. The SMILES string of the molecule is CCC(=O)Nc1cnc(Cl)nc1NCc1ccc(N=C(C)C=C(N)C(F)(F)F)cc1. The van der Waals surface area contributed by atoms with Crippen LogP contribution in [0.5, 0.6) is 0 Å². The predicted octanol–water partition coefficient (Wildman–Crippen LogP) is 4.59. The first-order chi connectivity index (χ1) is 14.1. The molecule has 7 nitrogen and oxygen atoms in total. The molecule has 0 bridgehead atoms. The number of nitrogens with two attached hydrogens (primary N) is 1. The molecule has 0 radical (unpaired) electrons. The van der Waals surface area contributed by atoms with Gasteiger partial charge >= 0.3 is 6.18 Å². The molecule has 4 N–H and O–H groups in total. The van der Waals surface area contributed by atoms with E-state index in [-0.39, 0.29) is 16.9 Å². The third kappa shape index (κ3) is 7.03. The number of carbonyl (C=O) groups is 1. The maximum atomic E-state index is 12.5. The van der Waals surface area contributed by atoms with Gasteiger partial charge in [0.25, 0.3) is 0 Å². The van der Waals surface area contributed by atoms with Crippen LogP contribution in [0.25, 0.3) is 0 Å². The lowest BCUT2D eigenvalue weighted by atomic mass is 10.2. The first-order valence-corrected chi connectivity index (χ1v) is 9.21. The molecule has 160 valence electrons. The number of nitrogens with one attached hydrogen (secondary N) is 2. The van der Waals surface area contributed by atoms with Crippen LogP contribution in [0.1, 0.15) is 25.8 Å². The number of anilines is 2. The van der Waals surface area contributed by atoms with Gasteiger partial charge in [0.2, 0.25) is 11.2 Å². The lowest BCUT2D eigenvalue weighted by Crippen LogP contribution is -2.20. The fourth-order valence-electron chi connectivity index (χ4n) is 2.24. The van der Waals surface area contributed by atoms with Crippen LogP contribution < -0.4 is 16.4 Å². The maximum Gasteiger partial charge on any atom is 0.430 e. The van der Waals surface area contributed by atoms with E-state index in [2.05, 4.69) is 25.6 Å². The van der Waals surface area contributed by atoms with E-state index in [1.807, 2.05) is 0 Å². The summed E-state index contributed by atoms with van der Waals surface area (Å²) in [4.78, 5) is 23.7. The van der Waals surface area contributed by atoms with Crippen LogP contribution in [0.4, 0.5) is 30.4 Å². The summed E-state index contributed by atoms with van der Waals surface area (Å²) < 4.78 is 37.4. The molecule has 1 aromatic carbocycles. The van der Waals surface area contributed by atoms with Gasteiger partial charge in [-0.1, -0.05) is 19.1 Å². The van der Waals surface area contributed by atoms with E-state index < -0.39 is 11.9 Å². The van der Waals surface area contributed by atoms with E-state index in [1.165, 1.54) is 13.1 Å². The number of nitrogens with zero attached hydrogens (tertiary/aromatic N) is 3. The Morgan fingerprint density at radius 3 is 2.57 bits per heavy atom. The molecule has 0 aliphatic carbocycles. The topological polar surface area (TPSA) is 105 Å². The largest absolute Gasteiger partial charge is 0.430 e. The number of rotatable bonds is 7. The Labute approximate surface area is 176 Å². The summed E-state index contributed by atoms with van der Waals surface area (Å²) in [5.41, 5.74) is 5.63. The van der Waals surface area contributed by atoms with Crippen LogP contribution in [0, 0.1) is 0 Å². The zero-order valence-corrected chi connectivity index (χ0v) is 17.0. The first kappa shape index (κ1) is 23.1. The second-order valence-corrected chi connectivity index (χ2v) is 6.51. The third-order valence-corrected chi connectivity index (χ3v) is 3.93. The number of allylic oxidation sites excluding steroid dienone is 2. The highest BCUT2D eigenvalue weighted by Crippen LogP contribution is 2.23. The number of hydrogen-bond acceptors (Lipinski definition) is 6. The van der Waals surface area contributed by atoms with Crippen molar-refractivity contribution in [2.45, 2.75) is 33.0 Å². The molecular formula is C19H20ClF3N6O. The number of benzene rings is 1. The van der Waals surface area contributed by atoms with E-state index in [9.17, 15) is 18.0 Å². The predicted molar refractivity (Wildman–Crippen MR) is 111 cm³/mol. The molecule has 0 atom stereocenters.